The molecule has 0 unspecified atom stereocenters. The molecule has 84 valence electrons. The Morgan fingerprint density at radius 1 is 1.29 bits per heavy atom. The molecule has 3 aromatic rings. The number of aromatic nitrogens is 3. The summed E-state index contributed by atoms with van der Waals surface area (Å²) in [5.41, 5.74) is 8.38. The number of amides is 1. The number of nitrogens with two attached hydrogens (primary N) is 1. The molecule has 1 amide bonds. The summed E-state index contributed by atoms with van der Waals surface area (Å²) in [5, 5.41) is 7.65. The number of aromatic amines is 2. The highest BCUT2D eigenvalue weighted by molar-refractivity contribution is 6.06. The van der Waals surface area contributed by atoms with Crippen molar-refractivity contribution >= 4 is 16.8 Å². The van der Waals surface area contributed by atoms with Crippen molar-refractivity contribution in [2.24, 2.45) is 5.73 Å². The summed E-state index contributed by atoms with van der Waals surface area (Å²) in [5.74, 6) is -0.428. The molecule has 4 N–H and O–H groups in total. The summed E-state index contributed by atoms with van der Waals surface area (Å²) in [6.45, 7) is 0. The molecule has 2 heterocycles. The number of benzene rings is 1. The summed E-state index contributed by atoms with van der Waals surface area (Å²) >= 11 is 0. The molecule has 0 spiro atoms. The molecule has 0 radical (unpaired) electrons. The molecule has 0 saturated heterocycles. The van der Waals surface area contributed by atoms with Gasteiger partial charge in [-0.25, -0.2) is 0 Å². The normalized spacial score (nSPS) is 10.8. The van der Waals surface area contributed by atoms with Gasteiger partial charge in [0.05, 0.1) is 5.69 Å². The average molecular weight is 226 g/mol. The molecule has 2 aromatic heterocycles. The fourth-order valence-corrected chi connectivity index (χ4v) is 1.92. The molecule has 0 saturated carbocycles. The van der Waals surface area contributed by atoms with Crippen LogP contribution in [0.2, 0.25) is 0 Å². The lowest BCUT2D eigenvalue weighted by Crippen LogP contribution is -2.10. The first-order valence-corrected chi connectivity index (χ1v) is 5.17. The Morgan fingerprint density at radius 2 is 2.18 bits per heavy atom. The van der Waals surface area contributed by atoms with Crippen molar-refractivity contribution in [3.63, 3.8) is 0 Å². The third-order valence-corrected chi connectivity index (χ3v) is 2.71. The molecule has 1 aromatic carbocycles. The van der Waals surface area contributed by atoms with Crippen LogP contribution in [0, 0.1) is 0 Å². The Balaban J connectivity index is 2.26. The summed E-state index contributed by atoms with van der Waals surface area (Å²) in [4.78, 5) is 14.5. The molecule has 0 aliphatic rings. The Kier molecular flexibility index (Phi) is 1.98. The number of carbonyl (C=O) groups is 1. The highest BCUT2D eigenvalue weighted by Crippen LogP contribution is 2.24. The van der Waals surface area contributed by atoms with Crippen LogP contribution in [0.3, 0.4) is 0 Å². The lowest BCUT2D eigenvalue weighted by molar-refractivity contribution is 0.100. The topological polar surface area (TPSA) is 87.6 Å². The highest BCUT2D eigenvalue weighted by atomic mass is 16.1. The number of hydrogen-bond donors (Lipinski definition) is 3. The highest BCUT2D eigenvalue weighted by Gasteiger charge is 2.10. The van der Waals surface area contributed by atoms with Crippen molar-refractivity contribution < 1.29 is 4.79 Å². The molecule has 0 atom stereocenters. The van der Waals surface area contributed by atoms with Crippen LogP contribution in [0.15, 0.2) is 36.5 Å². The maximum atomic E-state index is 11.3. The fraction of sp³-hybridized carbons (Fsp3) is 0. The van der Waals surface area contributed by atoms with Crippen molar-refractivity contribution in [1.82, 2.24) is 15.2 Å². The summed E-state index contributed by atoms with van der Waals surface area (Å²) in [6, 6.07) is 9.15. The van der Waals surface area contributed by atoms with Crippen LogP contribution >= 0.6 is 0 Å². The minimum Gasteiger partial charge on any atom is -0.366 e. The predicted molar refractivity (Wildman–Crippen MR) is 64.4 cm³/mol. The predicted octanol–water partition coefficient (Wildman–Crippen LogP) is 1.66. The SMILES string of the molecule is NC(=O)c1cccc2[nH]c(-c3cc[nH]n3)cc12. The van der Waals surface area contributed by atoms with E-state index < -0.39 is 5.91 Å². The van der Waals surface area contributed by atoms with Crippen LogP contribution in [0.4, 0.5) is 0 Å². The minimum absolute atomic E-state index is 0.428. The molecule has 0 fully saturated rings. The average Bonchev–Trinajstić information content (AvgIpc) is 2.96. The zero-order chi connectivity index (χ0) is 11.8. The lowest BCUT2D eigenvalue weighted by Gasteiger charge is -1.95. The number of H-pyrrole nitrogens is 2. The van der Waals surface area contributed by atoms with Crippen LogP contribution in [0.5, 0.6) is 0 Å². The molecule has 5 nitrogen and oxygen atoms in total. The van der Waals surface area contributed by atoms with E-state index in [1.54, 1.807) is 18.3 Å². The Bertz CT molecular complexity index is 682. The molecule has 17 heavy (non-hydrogen) atoms. The zero-order valence-electron chi connectivity index (χ0n) is 8.90. The van der Waals surface area contributed by atoms with Crippen molar-refractivity contribution in [1.29, 1.82) is 0 Å². The van der Waals surface area contributed by atoms with Crippen molar-refractivity contribution in [3.05, 3.63) is 42.1 Å². The van der Waals surface area contributed by atoms with Crippen LogP contribution in [-0.4, -0.2) is 21.1 Å². The van der Waals surface area contributed by atoms with E-state index in [0.717, 1.165) is 22.3 Å². The lowest BCUT2D eigenvalue weighted by atomic mass is 10.1. The standard InChI is InChI=1S/C12H10N4O/c13-12(17)7-2-1-3-9-8(7)6-11(15-9)10-4-5-14-16-10/h1-6,15H,(H2,13,17)(H,14,16). The van der Waals surface area contributed by atoms with Gasteiger partial charge in [-0.05, 0) is 24.3 Å². The van der Waals surface area contributed by atoms with E-state index in [9.17, 15) is 4.79 Å². The van der Waals surface area contributed by atoms with E-state index in [1.807, 2.05) is 18.2 Å². The van der Waals surface area contributed by atoms with Gasteiger partial charge >= 0.3 is 0 Å². The third-order valence-electron chi connectivity index (χ3n) is 2.71. The van der Waals surface area contributed by atoms with Gasteiger partial charge in [0.15, 0.2) is 0 Å². The monoisotopic (exact) mass is 226 g/mol. The first-order valence-electron chi connectivity index (χ1n) is 5.17. The molecular weight excluding hydrogens is 216 g/mol. The molecule has 5 heteroatoms. The van der Waals surface area contributed by atoms with Crippen LogP contribution < -0.4 is 5.73 Å². The second-order valence-electron chi connectivity index (χ2n) is 3.77. The number of primary amides is 1. The number of carbonyl (C=O) groups excluding carboxylic acids is 1. The summed E-state index contributed by atoms with van der Waals surface area (Å²) < 4.78 is 0. The van der Waals surface area contributed by atoms with Gasteiger partial charge in [-0.15, -0.1) is 0 Å². The summed E-state index contributed by atoms with van der Waals surface area (Å²) in [7, 11) is 0. The zero-order valence-corrected chi connectivity index (χ0v) is 8.90. The maximum absolute atomic E-state index is 11.3. The van der Waals surface area contributed by atoms with Crippen LogP contribution in [0.25, 0.3) is 22.3 Å². The number of rotatable bonds is 2. The van der Waals surface area contributed by atoms with E-state index in [4.69, 9.17) is 5.73 Å². The van der Waals surface area contributed by atoms with Gasteiger partial charge in [-0.3, -0.25) is 9.89 Å². The van der Waals surface area contributed by atoms with Gasteiger partial charge < -0.3 is 10.7 Å². The van der Waals surface area contributed by atoms with Gasteiger partial charge in [0, 0.05) is 22.7 Å². The van der Waals surface area contributed by atoms with Gasteiger partial charge in [-0.1, -0.05) is 6.07 Å². The molecular formula is C12H10N4O. The van der Waals surface area contributed by atoms with E-state index >= 15 is 0 Å². The third kappa shape index (κ3) is 1.48. The number of nitrogens with zero attached hydrogens (tertiary/aromatic N) is 1. The first-order chi connectivity index (χ1) is 8.25. The van der Waals surface area contributed by atoms with E-state index in [-0.39, 0.29) is 0 Å². The second kappa shape index (κ2) is 3.48. The van der Waals surface area contributed by atoms with Gasteiger partial charge in [0.2, 0.25) is 5.91 Å². The Labute approximate surface area is 96.6 Å². The van der Waals surface area contributed by atoms with Crippen LogP contribution in [-0.2, 0) is 0 Å². The Morgan fingerprint density at radius 3 is 2.88 bits per heavy atom. The quantitative estimate of drug-likeness (QED) is 0.620. The van der Waals surface area contributed by atoms with E-state index in [1.165, 1.54) is 0 Å². The summed E-state index contributed by atoms with van der Waals surface area (Å²) in [6.07, 6.45) is 1.75. The number of nitrogens with one attached hydrogen (secondary N) is 2. The van der Waals surface area contributed by atoms with Gasteiger partial charge in [0.25, 0.3) is 0 Å². The number of fused-ring (bicyclic) bond motifs is 1. The molecule has 0 bridgehead atoms. The fourth-order valence-electron chi connectivity index (χ4n) is 1.92. The largest absolute Gasteiger partial charge is 0.366 e. The second-order valence-corrected chi connectivity index (χ2v) is 3.77. The van der Waals surface area contributed by atoms with Gasteiger partial charge in [0.1, 0.15) is 5.69 Å². The Hall–Kier alpha value is -2.56. The molecule has 3 rings (SSSR count). The van der Waals surface area contributed by atoms with Crippen molar-refractivity contribution in [2.75, 3.05) is 0 Å². The van der Waals surface area contributed by atoms with Crippen LogP contribution in [0.1, 0.15) is 10.4 Å². The van der Waals surface area contributed by atoms with Crippen molar-refractivity contribution in [2.45, 2.75) is 0 Å². The van der Waals surface area contributed by atoms with E-state index in [2.05, 4.69) is 15.2 Å². The van der Waals surface area contributed by atoms with E-state index in [0.29, 0.717) is 5.56 Å². The maximum Gasteiger partial charge on any atom is 0.249 e. The van der Waals surface area contributed by atoms with Crippen molar-refractivity contribution in [3.8, 4) is 11.4 Å². The minimum atomic E-state index is -0.428. The van der Waals surface area contributed by atoms with Gasteiger partial charge in [-0.2, -0.15) is 5.10 Å². The first kappa shape index (κ1) is 9.65. The molecule has 0 aliphatic carbocycles. The molecule has 0 aliphatic heterocycles. The smallest absolute Gasteiger partial charge is 0.249 e. The number of hydrogen-bond acceptors (Lipinski definition) is 2.